The van der Waals surface area contributed by atoms with Gasteiger partial charge in [0.05, 0.1) is 5.56 Å². The highest BCUT2D eigenvalue weighted by molar-refractivity contribution is 6.00. The first-order valence-electron chi connectivity index (χ1n) is 9.89. The third-order valence-electron chi connectivity index (χ3n) is 4.78. The zero-order chi connectivity index (χ0) is 21.0. The Bertz CT molecular complexity index is 1210. The van der Waals surface area contributed by atoms with Gasteiger partial charge in [-0.1, -0.05) is 42.5 Å². The smallest absolute Gasteiger partial charge is 0.285 e. The summed E-state index contributed by atoms with van der Waals surface area (Å²) >= 11 is 0. The molecule has 0 fully saturated rings. The molecule has 8 nitrogen and oxygen atoms in total. The SMILES string of the molecule is O=C(c1cccc2c1OCCO2)n1nc(-c2ccccn2)nc1NCc1ccccc1. The van der Waals surface area contributed by atoms with E-state index in [0.717, 1.165) is 5.56 Å². The van der Waals surface area contributed by atoms with Gasteiger partial charge in [0, 0.05) is 12.7 Å². The second kappa shape index (κ2) is 8.27. The molecule has 4 aromatic rings. The van der Waals surface area contributed by atoms with Crippen LogP contribution in [0, 0.1) is 0 Å². The van der Waals surface area contributed by atoms with E-state index in [1.165, 1.54) is 4.68 Å². The van der Waals surface area contributed by atoms with Crippen LogP contribution in [-0.4, -0.2) is 38.9 Å². The number of benzene rings is 2. The first kappa shape index (κ1) is 18.8. The first-order chi connectivity index (χ1) is 15.3. The molecule has 31 heavy (non-hydrogen) atoms. The van der Waals surface area contributed by atoms with Gasteiger partial charge >= 0.3 is 0 Å². The molecule has 0 atom stereocenters. The minimum atomic E-state index is -0.368. The Labute approximate surface area is 178 Å². The van der Waals surface area contributed by atoms with Crippen LogP contribution >= 0.6 is 0 Å². The molecule has 1 aliphatic heterocycles. The number of anilines is 1. The molecule has 154 valence electrons. The van der Waals surface area contributed by atoms with Crippen LogP contribution in [0.5, 0.6) is 11.5 Å². The van der Waals surface area contributed by atoms with E-state index in [1.54, 1.807) is 30.5 Å². The number of fused-ring (bicyclic) bond motifs is 1. The van der Waals surface area contributed by atoms with E-state index in [1.807, 2.05) is 42.5 Å². The van der Waals surface area contributed by atoms with Crippen molar-refractivity contribution in [3.05, 3.63) is 84.1 Å². The van der Waals surface area contributed by atoms with Crippen LogP contribution in [0.3, 0.4) is 0 Å². The second-order valence-corrected chi connectivity index (χ2v) is 6.86. The summed E-state index contributed by atoms with van der Waals surface area (Å²) in [6.45, 7) is 1.32. The molecule has 0 unspecified atom stereocenters. The molecule has 2 aromatic heterocycles. The van der Waals surface area contributed by atoms with E-state index in [0.29, 0.717) is 54.3 Å². The number of hydrogen-bond donors (Lipinski definition) is 1. The average molecular weight is 413 g/mol. The second-order valence-electron chi connectivity index (χ2n) is 6.86. The van der Waals surface area contributed by atoms with Crippen LogP contribution in [0.15, 0.2) is 72.9 Å². The van der Waals surface area contributed by atoms with Crippen LogP contribution in [0.4, 0.5) is 5.95 Å². The summed E-state index contributed by atoms with van der Waals surface area (Å²) in [5.74, 6) is 1.27. The van der Waals surface area contributed by atoms with Gasteiger partial charge in [0.1, 0.15) is 18.9 Å². The van der Waals surface area contributed by atoms with Gasteiger partial charge in [-0.05, 0) is 29.8 Å². The largest absolute Gasteiger partial charge is 0.486 e. The van der Waals surface area contributed by atoms with E-state index < -0.39 is 0 Å². The van der Waals surface area contributed by atoms with Gasteiger partial charge in [-0.2, -0.15) is 9.67 Å². The van der Waals surface area contributed by atoms with Gasteiger partial charge in [0.15, 0.2) is 11.5 Å². The minimum absolute atomic E-state index is 0.323. The fourth-order valence-electron chi connectivity index (χ4n) is 3.30. The number of rotatable bonds is 5. The number of carbonyl (C=O) groups is 1. The fraction of sp³-hybridized carbons (Fsp3) is 0.130. The summed E-state index contributed by atoms with van der Waals surface area (Å²) in [5.41, 5.74) is 1.99. The molecular formula is C23H19N5O3. The highest BCUT2D eigenvalue weighted by Gasteiger charge is 2.25. The maximum Gasteiger partial charge on any atom is 0.285 e. The molecular weight excluding hydrogens is 394 g/mol. The molecule has 3 heterocycles. The Morgan fingerprint density at radius 1 is 0.968 bits per heavy atom. The summed E-state index contributed by atoms with van der Waals surface area (Å²) in [6.07, 6.45) is 1.66. The van der Waals surface area contributed by atoms with E-state index >= 15 is 0 Å². The molecule has 5 rings (SSSR count). The van der Waals surface area contributed by atoms with Crippen molar-refractivity contribution in [3.8, 4) is 23.0 Å². The number of hydrogen-bond acceptors (Lipinski definition) is 7. The lowest BCUT2D eigenvalue weighted by Gasteiger charge is -2.20. The normalized spacial score (nSPS) is 12.4. The van der Waals surface area contributed by atoms with Gasteiger partial charge < -0.3 is 14.8 Å². The average Bonchev–Trinajstić information content (AvgIpc) is 3.27. The Hall–Kier alpha value is -4.20. The monoisotopic (exact) mass is 413 g/mol. The van der Waals surface area contributed by atoms with Crippen molar-refractivity contribution in [1.29, 1.82) is 0 Å². The van der Waals surface area contributed by atoms with Crippen LogP contribution in [0.2, 0.25) is 0 Å². The molecule has 0 aliphatic carbocycles. The standard InChI is InChI=1S/C23H19N5O3/c29-22(17-9-6-11-19-20(17)31-14-13-30-19)28-23(25-15-16-7-2-1-3-8-16)26-21(27-28)18-10-4-5-12-24-18/h1-12H,13-15H2,(H,25,26,27). The van der Waals surface area contributed by atoms with E-state index in [9.17, 15) is 4.79 Å². The Balaban J connectivity index is 1.53. The van der Waals surface area contributed by atoms with Crippen LogP contribution in [0.1, 0.15) is 15.9 Å². The maximum atomic E-state index is 13.5. The lowest BCUT2D eigenvalue weighted by atomic mass is 10.1. The fourth-order valence-corrected chi connectivity index (χ4v) is 3.30. The van der Waals surface area contributed by atoms with Crippen molar-refractivity contribution in [2.75, 3.05) is 18.5 Å². The summed E-state index contributed by atoms with van der Waals surface area (Å²) < 4.78 is 12.6. The molecule has 2 aromatic carbocycles. The van der Waals surface area contributed by atoms with Crippen molar-refractivity contribution in [2.24, 2.45) is 0 Å². The highest BCUT2D eigenvalue weighted by Crippen LogP contribution is 2.34. The molecule has 0 radical (unpaired) electrons. The number of nitrogens with zero attached hydrogens (tertiary/aromatic N) is 4. The molecule has 0 saturated carbocycles. The lowest BCUT2D eigenvalue weighted by Crippen LogP contribution is -2.22. The number of aromatic nitrogens is 4. The molecule has 8 heteroatoms. The molecule has 0 saturated heterocycles. The third-order valence-corrected chi connectivity index (χ3v) is 4.78. The maximum absolute atomic E-state index is 13.5. The quantitative estimate of drug-likeness (QED) is 0.536. The van der Waals surface area contributed by atoms with Crippen molar-refractivity contribution in [3.63, 3.8) is 0 Å². The third kappa shape index (κ3) is 3.83. The van der Waals surface area contributed by atoms with Crippen LogP contribution in [-0.2, 0) is 6.54 Å². The van der Waals surface area contributed by atoms with Crippen molar-refractivity contribution in [1.82, 2.24) is 19.7 Å². The van der Waals surface area contributed by atoms with Crippen molar-refractivity contribution < 1.29 is 14.3 Å². The topological polar surface area (TPSA) is 91.2 Å². The Kier molecular flexibility index (Phi) is 5.02. The molecule has 0 bridgehead atoms. The Morgan fingerprint density at radius 2 is 1.81 bits per heavy atom. The summed E-state index contributed by atoms with van der Waals surface area (Å²) in [7, 11) is 0. The van der Waals surface area contributed by atoms with Gasteiger partial charge in [-0.3, -0.25) is 9.78 Å². The van der Waals surface area contributed by atoms with Gasteiger partial charge in [0.2, 0.25) is 11.8 Å². The Morgan fingerprint density at radius 3 is 2.65 bits per heavy atom. The first-order valence-corrected chi connectivity index (χ1v) is 9.89. The van der Waals surface area contributed by atoms with Gasteiger partial charge in [0.25, 0.3) is 5.91 Å². The highest BCUT2D eigenvalue weighted by atomic mass is 16.6. The van der Waals surface area contributed by atoms with E-state index in [-0.39, 0.29) is 5.91 Å². The predicted octanol–water partition coefficient (Wildman–Crippen LogP) is 3.41. The summed E-state index contributed by atoms with van der Waals surface area (Å²) in [4.78, 5) is 22.3. The number of para-hydroxylation sites is 1. The van der Waals surface area contributed by atoms with E-state index in [4.69, 9.17) is 9.47 Å². The number of carbonyl (C=O) groups excluding carboxylic acids is 1. The molecule has 0 spiro atoms. The van der Waals surface area contributed by atoms with Crippen molar-refractivity contribution in [2.45, 2.75) is 6.54 Å². The molecule has 1 aliphatic rings. The molecule has 1 N–H and O–H groups in total. The predicted molar refractivity (Wildman–Crippen MR) is 114 cm³/mol. The summed E-state index contributed by atoms with van der Waals surface area (Å²) in [5, 5.41) is 7.67. The number of ether oxygens (including phenoxy) is 2. The molecule has 0 amide bonds. The zero-order valence-electron chi connectivity index (χ0n) is 16.6. The van der Waals surface area contributed by atoms with Gasteiger partial charge in [-0.15, -0.1) is 5.10 Å². The van der Waals surface area contributed by atoms with Crippen LogP contribution < -0.4 is 14.8 Å². The summed E-state index contributed by atoms with van der Waals surface area (Å²) in [6, 6.07) is 20.5. The van der Waals surface area contributed by atoms with Gasteiger partial charge in [-0.25, -0.2) is 0 Å². The lowest BCUT2D eigenvalue weighted by molar-refractivity contribution is 0.0936. The number of pyridine rings is 1. The minimum Gasteiger partial charge on any atom is -0.486 e. The number of nitrogens with one attached hydrogen (secondary N) is 1. The van der Waals surface area contributed by atoms with Crippen molar-refractivity contribution >= 4 is 11.9 Å². The zero-order valence-corrected chi connectivity index (χ0v) is 16.6. The van der Waals surface area contributed by atoms with Crippen LogP contribution in [0.25, 0.3) is 11.5 Å². The van der Waals surface area contributed by atoms with E-state index in [2.05, 4.69) is 20.4 Å².